The Morgan fingerprint density at radius 2 is 2.09 bits per heavy atom. The number of carbonyl (C=O) groups excluding carboxylic acids is 2. The maximum atomic E-state index is 12.3. The van der Waals surface area contributed by atoms with Crippen LogP contribution >= 0.6 is 0 Å². The molecule has 1 aromatic carbocycles. The molecular weight excluding hydrogens is 278 g/mol. The topological polar surface area (TPSA) is 67.2 Å². The molecule has 22 heavy (non-hydrogen) atoms. The summed E-state index contributed by atoms with van der Waals surface area (Å²) < 4.78 is 4.88. The summed E-state index contributed by atoms with van der Waals surface area (Å²) in [5.41, 5.74) is 0.526. The highest BCUT2D eigenvalue weighted by Crippen LogP contribution is 2.55. The SMILES string of the molecule is C=C[C@H]1C[C@@](C#N)(C(=O)OC)[C@H](c2ccc(C)cc2)[C@H]1C=O. The van der Waals surface area contributed by atoms with Crippen molar-refractivity contribution >= 4 is 12.3 Å². The summed E-state index contributed by atoms with van der Waals surface area (Å²) in [6, 6.07) is 9.71. The molecule has 0 heterocycles. The predicted octanol–water partition coefficient (Wildman–Crippen LogP) is 2.78. The van der Waals surface area contributed by atoms with E-state index in [1.165, 1.54) is 7.11 Å². The maximum absolute atomic E-state index is 12.3. The number of carbonyl (C=O) groups is 2. The number of esters is 1. The number of rotatable bonds is 4. The van der Waals surface area contributed by atoms with Gasteiger partial charge >= 0.3 is 5.97 Å². The molecule has 0 aromatic heterocycles. The molecular formula is C18H19NO3. The van der Waals surface area contributed by atoms with Crippen LogP contribution in [0.2, 0.25) is 0 Å². The molecule has 0 bridgehead atoms. The lowest BCUT2D eigenvalue weighted by Crippen LogP contribution is -2.35. The standard InChI is InChI=1S/C18H19NO3/c1-4-13-9-18(11-19,17(21)22-3)16(15(13)10-20)14-7-5-12(2)6-8-14/h4-8,10,13,15-16H,1,9H2,2-3H3/t13-,15-,16+,18-/m0/s1. The number of aryl methyl sites for hydroxylation is 1. The highest BCUT2D eigenvalue weighted by molar-refractivity contribution is 5.84. The third-order valence-electron chi connectivity index (χ3n) is 4.61. The molecule has 0 N–H and O–H groups in total. The lowest BCUT2D eigenvalue weighted by Gasteiger charge is -2.28. The first-order valence-electron chi connectivity index (χ1n) is 7.18. The highest BCUT2D eigenvalue weighted by Gasteiger charge is 2.59. The monoisotopic (exact) mass is 297 g/mol. The lowest BCUT2D eigenvalue weighted by molar-refractivity contribution is -0.150. The van der Waals surface area contributed by atoms with Crippen LogP contribution in [0.15, 0.2) is 36.9 Å². The average Bonchev–Trinajstić information content (AvgIpc) is 2.89. The second kappa shape index (κ2) is 6.15. The Hall–Kier alpha value is -2.41. The summed E-state index contributed by atoms with van der Waals surface area (Å²) in [5, 5.41) is 9.73. The van der Waals surface area contributed by atoms with Crippen LogP contribution in [0.4, 0.5) is 0 Å². The van der Waals surface area contributed by atoms with Crippen molar-refractivity contribution in [3.8, 4) is 6.07 Å². The molecule has 1 saturated carbocycles. The van der Waals surface area contributed by atoms with Gasteiger partial charge in [0.05, 0.1) is 13.2 Å². The van der Waals surface area contributed by atoms with Crippen molar-refractivity contribution in [2.45, 2.75) is 19.3 Å². The van der Waals surface area contributed by atoms with E-state index in [4.69, 9.17) is 4.74 Å². The molecule has 1 aliphatic carbocycles. The summed E-state index contributed by atoms with van der Waals surface area (Å²) in [6.07, 6.45) is 2.74. The van der Waals surface area contributed by atoms with Crippen LogP contribution in [-0.4, -0.2) is 19.4 Å². The van der Waals surface area contributed by atoms with E-state index in [0.29, 0.717) is 0 Å². The molecule has 2 rings (SSSR count). The number of nitrogens with zero attached hydrogens (tertiary/aromatic N) is 1. The summed E-state index contributed by atoms with van der Waals surface area (Å²) >= 11 is 0. The van der Waals surface area contributed by atoms with Gasteiger partial charge in [0.25, 0.3) is 0 Å². The van der Waals surface area contributed by atoms with Crippen molar-refractivity contribution in [1.82, 2.24) is 0 Å². The van der Waals surface area contributed by atoms with E-state index >= 15 is 0 Å². The van der Waals surface area contributed by atoms with Gasteiger partial charge in [0.2, 0.25) is 0 Å². The molecule has 0 spiro atoms. The minimum Gasteiger partial charge on any atom is -0.468 e. The number of allylic oxidation sites excluding steroid dienone is 1. The van der Waals surface area contributed by atoms with E-state index in [1.807, 2.05) is 31.2 Å². The first kappa shape index (κ1) is 16.0. The zero-order chi connectivity index (χ0) is 16.3. The van der Waals surface area contributed by atoms with Crippen LogP contribution < -0.4 is 0 Å². The summed E-state index contributed by atoms with van der Waals surface area (Å²) in [7, 11) is 1.27. The molecule has 114 valence electrons. The normalized spacial score (nSPS) is 30.3. The number of nitriles is 1. The fourth-order valence-corrected chi connectivity index (χ4v) is 3.46. The van der Waals surface area contributed by atoms with E-state index in [-0.39, 0.29) is 12.3 Å². The molecule has 1 aromatic rings. The highest BCUT2D eigenvalue weighted by atomic mass is 16.5. The van der Waals surface area contributed by atoms with Gasteiger partial charge < -0.3 is 9.53 Å². The van der Waals surface area contributed by atoms with Gasteiger partial charge in [-0.25, -0.2) is 0 Å². The minimum atomic E-state index is -1.35. The lowest BCUT2D eigenvalue weighted by atomic mass is 9.72. The zero-order valence-electron chi connectivity index (χ0n) is 12.8. The maximum Gasteiger partial charge on any atom is 0.326 e. The van der Waals surface area contributed by atoms with Gasteiger partial charge in [0, 0.05) is 11.8 Å². The molecule has 0 radical (unpaired) electrons. The van der Waals surface area contributed by atoms with E-state index in [9.17, 15) is 14.9 Å². The van der Waals surface area contributed by atoms with Crippen molar-refractivity contribution < 1.29 is 14.3 Å². The van der Waals surface area contributed by atoms with Crippen molar-refractivity contribution in [1.29, 1.82) is 5.26 Å². The van der Waals surface area contributed by atoms with Crippen LogP contribution in [0.25, 0.3) is 0 Å². The molecule has 1 aliphatic rings. The molecule has 4 atom stereocenters. The van der Waals surface area contributed by atoms with Crippen LogP contribution in [0.5, 0.6) is 0 Å². The molecule has 1 fully saturated rings. The Kier molecular flexibility index (Phi) is 4.46. The molecule has 0 saturated heterocycles. The quantitative estimate of drug-likeness (QED) is 0.487. The summed E-state index contributed by atoms with van der Waals surface area (Å²) in [4.78, 5) is 24.0. The Morgan fingerprint density at radius 1 is 1.45 bits per heavy atom. The number of methoxy groups -OCH3 is 1. The van der Waals surface area contributed by atoms with Gasteiger partial charge in [0.15, 0.2) is 5.41 Å². The van der Waals surface area contributed by atoms with Gasteiger partial charge in [0.1, 0.15) is 6.29 Å². The van der Waals surface area contributed by atoms with Crippen LogP contribution in [0.1, 0.15) is 23.5 Å². The van der Waals surface area contributed by atoms with Gasteiger partial charge in [-0.2, -0.15) is 5.26 Å². The second-order valence-corrected chi connectivity index (χ2v) is 5.78. The van der Waals surface area contributed by atoms with E-state index < -0.39 is 23.2 Å². The van der Waals surface area contributed by atoms with Crippen molar-refractivity contribution in [2.75, 3.05) is 7.11 Å². The third-order valence-corrected chi connectivity index (χ3v) is 4.61. The molecule has 0 aliphatic heterocycles. The van der Waals surface area contributed by atoms with Gasteiger partial charge in [-0.3, -0.25) is 4.79 Å². The second-order valence-electron chi connectivity index (χ2n) is 5.78. The van der Waals surface area contributed by atoms with E-state index in [1.54, 1.807) is 6.08 Å². The zero-order valence-corrected chi connectivity index (χ0v) is 12.8. The Balaban J connectivity index is 2.62. The fraction of sp³-hybridized carbons (Fsp3) is 0.389. The average molecular weight is 297 g/mol. The molecule has 0 amide bonds. The number of hydrogen-bond acceptors (Lipinski definition) is 4. The number of aldehydes is 1. The van der Waals surface area contributed by atoms with Crippen molar-refractivity contribution in [3.63, 3.8) is 0 Å². The first-order valence-corrected chi connectivity index (χ1v) is 7.18. The predicted molar refractivity (Wildman–Crippen MR) is 81.8 cm³/mol. The van der Waals surface area contributed by atoms with Crippen LogP contribution in [-0.2, 0) is 14.3 Å². The van der Waals surface area contributed by atoms with Gasteiger partial charge in [-0.1, -0.05) is 35.9 Å². The van der Waals surface area contributed by atoms with Gasteiger partial charge in [-0.05, 0) is 24.8 Å². The number of hydrogen-bond donors (Lipinski definition) is 0. The van der Waals surface area contributed by atoms with E-state index in [2.05, 4.69) is 12.6 Å². The summed E-state index contributed by atoms with van der Waals surface area (Å²) in [6.45, 7) is 5.71. The minimum absolute atomic E-state index is 0.220. The molecule has 4 nitrogen and oxygen atoms in total. The largest absolute Gasteiger partial charge is 0.468 e. The fourth-order valence-electron chi connectivity index (χ4n) is 3.46. The first-order chi connectivity index (χ1) is 10.5. The third kappa shape index (κ3) is 2.33. The Labute approximate surface area is 130 Å². The molecule has 4 heteroatoms. The van der Waals surface area contributed by atoms with Crippen molar-refractivity contribution in [2.24, 2.45) is 17.3 Å². The number of benzene rings is 1. The Morgan fingerprint density at radius 3 is 2.55 bits per heavy atom. The van der Waals surface area contributed by atoms with Crippen LogP contribution in [0, 0.1) is 35.5 Å². The van der Waals surface area contributed by atoms with Crippen LogP contribution in [0.3, 0.4) is 0 Å². The smallest absolute Gasteiger partial charge is 0.326 e. The molecule has 0 unspecified atom stereocenters. The van der Waals surface area contributed by atoms with E-state index in [0.717, 1.165) is 17.4 Å². The van der Waals surface area contributed by atoms with Gasteiger partial charge in [-0.15, -0.1) is 6.58 Å². The Bertz CT molecular complexity index is 629. The summed E-state index contributed by atoms with van der Waals surface area (Å²) in [5.74, 6) is -1.79. The van der Waals surface area contributed by atoms with Crippen molar-refractivity contribution in [3.05, 3.63) is 48.0 Å². The number of ether oxygens (including phenoxy) is 1.